The summed E-state index contributed by atoms with van der Waals surface area (Å²) >= 11 is 0. The lowest BCUT2D eigenvalue weighted by Gasteiger charge is -2.39. The van der Waals surface area contributed by atoms with E-state index >= 15 is 0 Å². The largest absolute Gasteiger partial charge is 0.457 e. The van der Waals surface area contributed by atoms with E-state index in [1.807, 2.05) is 0 Å². The van der Waals surface area contributed by atoms with Gasteiger partial charge in [-0.1, -0.05) is 140 Å². The van der Waals surface area contributed by atoms with Crippen molar-refractivity contribution < 1.29 is 44.2 Å². The van der Waals surface area contributed by atoms with E-state index in [4.69, 9.17) is 18.9 Å². The topological polar surface area (TPSA) is 135 Å². The minimum absolute atomic E-state index is 0.119. The molecule has 0 aromatic carbocycles. The highest BCUT2D eigenvalue weighted by Crippen LogP contribution is 2.22. The third-order valence-corrected chi connectivity index (χ3v) is 10.0. The molecule has 0 amide bonds. The lowest BCUT2D eigenvalue weighted by atomic mass is 9.99. The summed E-state index contributed by atoms with van der Waals surface area (Å²) < 4.78 is 22.8. The van der Waals surface area contributed by atoms with E-state index in [2.05, 4.69) is 50.3 Å². The molecule has 0 aromatic heterocycles. The zero-order chi connectivity index (χ0) is 39.3. The fourth-order valence-corrected chi connectivity index (χ4v) is 6.52. The predicted octanol–water partition coefficient (Wildman–Crippen LogP) is 9.58. The molecule has 1 rings (SSSR count). The van der Waals surface area contributed by atoms with Crippen LogP contribution >= 0.6 is 0 Å². The zero-order valence-electron chi connectivity index (χ0n) is 34.5. The Balaban J connectivity index is 2.27. The second kappa shape index (κ2) is 37.0. The number of hydrogen-bond donors (Lipinski definition) is 4. The van der Waals surface area contributed by atoms with Crippen LogP contribution in [-0.4, -0.2) is 89.6 Å². The Labute approximate surface area is 330 Å². The first-order valence-electron chi connectivity index (χ1n) is 22.1. The van der Waals surface area contributed by atoms with Gasteiger partial charge in [-0.25, -0.2) is 0 Å². The van der Waals surface area contributed by atoms with Crippen LogP contribution in [0.1, 0.15) is 181 Å². The van der Waals surface area contributed by atoms with Gasteiger partial charge in [-0.05, 0) is 70.6 Å². The molecule has 1 fully saturated rings. The molecular formula is C45H82O9. The van der Waals surface area contributed by atoms with Crippen LogP contribution in [0.25, 0.3) is 0 Å². The van der Waals surface area contributed by atoms with Gasteiger partial charge in [0.05, 0.1) is 19.8 Å². The van der Waals surface area contributed by atoms with Gasteiger partial charge in [-0.3, -0.25) is 4.79 Å². The standard InChI is InChI=1S/C45H82O9/c1-3-5-7-9-11-13-15-17-18-19-20-21-23-25-27-29-31-33-35-51-37-39(38-52-45-44(50)43(49)42(48)40(36-46)54-45)53-41(47)34-32-30-28-26-24-22-16-14-12-10-8-6-4-2/h11,13-14,16-18,39-40,42-46,48-50H,3-10,12,15,19-38H2,1-2H3/b13-11-,16-14-,18-17-. The van der Waals surface area contributed by atoms with Gasteiger partial charge in [-0.15, -0.1) is 0 Å². The van der Waals surface area contributed by atoms with E-state index < -0.39 is 43.4 Å². The molecule has 0 saturated carbocycles. The number of carbonyl (C=O) groups is 1. The van der Waals surface area contributed by atoms with Gasteiger partial charge in [0.2, 0.25) is 0 Å². The predicted molar refractivity (Wildman–Crippen MR) is 219 cm³/mol. The summed E-state index contributed by atoms with van der Waals surface area (Å²) in [6.45, 7) is 4.50. The molecule has 0 aromatic rings. The highest BCUT2D eigenvalue weighted by molar-refractivity contribution is 5.69. The summed E-state index contributed by atoms with van der Waals surface area (Å²) in [5.41, 5.74) is 0. The maximum absolute atomic E-state index is 12.7. The maximum atomic E-state index is 12.7. The van der Waals surface area contributed by atoms with Gasteiger partial charge in [0.1, 0.15) is 30.5 Å². The van der Waals surface area contributed by atoms with Crippen LogP contribution in [0.2, 0.25) is 0 Å². The molecule has 1 saturated heterocycles. The van der Waals surface area contributed by atoms with E-state index in [-0.39, 0.29) is 19.2 Å². The number of rotatable bonds is 37. The Kier molecular flexibility index (Phi) is 34.6. The molecule has 1 heterocycles. The van der Waals surface area contributed by atoms with Crippen LogP contribution in [0.5, 0.6) is 0 Å². The first-order chi connectivity index (χ1) is 26.4. The second-order valence-corrected chi connectivity index (χ2v) is 15.1. The number of esters is 1. The third kappa shape index (κ3) is 27.9. The SMILES string of the molecule is CCCCC/C=C\C/C=C\CCCCCCCCCCOCC(COC1OC(CO)C(O)C(O)C1O)OC(=O)CCCCCCC/C=C\CCCCCC. The van der Waals surface area contributed by atoms with Crippen molar-refractivity contribution in [2.24, 2.45) is 0 Å². The molecule has 0 spiro atoms. The Morgan fingerprint density at radius 3 is 1.65 bits per heavy atom. The third-order valence-electron chi connectivity index (χ3n) is 10.0. The number of carbonyl (C=O) groups excluding carboxylic acids is 1. The van der Waals surface area contributed by atoms with Crippen LogP contribution < -0.4 is 0 Å². The molecule has 0 bridgehead atoms. The lowest BCUT2D eigenvalue weighted by molar-refractivity contribution is -0.305. The lowest BCUT2D eigenvalue weighted by Crippen LogP contribution is -2.59. The average Bonchev–Trinajstić information content (AvgIpc) is 3.17. The van der Waals surface area contributed by atoms with Gasteiger partial charge in [0.25, 0.3) is 0 Å². The van der Waals surface area contributed by atoms with Crippen molar-refractivity contribution in [3.05, 3.63) is 36.5 Å². The molecule has 9 nitrogen and oxygen atoms in total. The number of aliphatic hydroxyl groups excluding tert-OH is 4. The normalized spacial score (nSPS) is 21.2. The minimum atomic E-state index is -1.54. The summed E-state index contributed by atoms with van der Waals surface area (Å²) in [5.74, 6) is -0.326. The van der Waals surface area contributed by atoms with Crippen LogP contribution in [-0.2, 0) is 23.7 Å². The molecule has 54 heavy (non-hydrogen) atoms. The van der Waals surface area contributed by atoms with Crippen LogP contribution in [0.15, 0.2) is 36.5 Å². The van der Waals surface area contributed by atoms with E-state index in [1.165, 1.54) is 109 Å². The van der Waals surface area contributed by atoms with Crippen molar-refractivity contribution in [3.8, 4) is 0 Å². The molecule has 0 aliphatic carbocycles. The molecule has 1 aliphatic heterocycles. The first kappa shape index (κ1) is 50.4. The Bertz CT molecular complexity index is 921. The van der Waals surface area contributed by atoms with Gasteiger partial charge in [-0.2, -0.15) is 0 Å². The Hall–Kier alpha value is -1.59. The smallest absolute Gasteiger partial charge is 0.306 e. The number of ether oxygens (including phenoxy) is 4. The van der Waals surface area contributed by atoms with E-state index in [0.29, 0.717) is 13.0 Å². The van der Waals surface area contributed by atoms with Gasteiger partial charge < -0.3 is 39.4 Å². The molecule has 9 heteroatoms. The summed E-state index contributed by atoms with van der Waals surface area (Å²) in [6, 6.07) is 0. The summed E-state index contributed by atoms with van der Waals surface area (Å²) in [4.78, 5) is 12.7. The molecule has 316 valence electrons. The number of hydrogen-bond acceptors (Lipinski definition) is 9. The van der Waals surface area contributed by atoms with Crippen molar-refractivity contribution in [1.29, 1.82) is 0 Å². The van der Waals surface area contributed by atoms with Crippen LogP contribution in [0, 0.1) is 0 Å². The quantitative estimate of drug-likeness (QED) is 0.0277. The van der Waals surface area contributed by atoms with Crippen molar-refractivity contribution in [3.63, 3.8) is 0 Å². The fraction of sp³-hybridized carbons (Fsp3) is 0.844. The number of allylic oxidation sites excluding steroid dienone is 6. The number of unbranched alkanes of at least 4 members (excludes halogenated alkanes) is 20. The Morgan fingerprint density at radius 1 is 0.593 bits per heavy atom. The summed E-state index contributed by atoms with van der Waals surface area (Å²) in [6.07, 6.45) is 35.9. The monoisotopic (exact) mass is 767 g/mol. The van der Waals surface area contributed by atoms with Gasteiger partial charge in [0, 0.05) is 13.0 Å². The van der Waals surface area contributed by atoms with E-state index in [0.717, 1.165) is 51.4 Å². The van der Waals surface area contributed by atoms with Gasteiger partial charge in [0.15, 0.2) is 6.29 Å². The van der Waals surface area contributed by atoms with Crippen LogP contribution in [0.4, 0.5) is 0 Å². The summed E-state index contributed by atoms with van der Waals surface area (Å²) in [5, 5.41) is 40.1. The van der Waals surface area contributed by atoms with Crippen molar-refractivity contribution in [2.75, 3.05) is 26.4 Å². The Morgan fingerprint density at radius 2 is 1.07 bits per heavy atom. The molecule has 1 aliphatic rings. The van der Waals surface area contributed by atoms with Crippen LogP contribution in [0.3, 0.4) is 0 Å². The molecule has 4 N–H and O–H groups in total. The van der Waals surface area contributed by atoms with E-state index in [9.17, 15) is 25.2 Å². The molecular weight excluding hydrogens is 684 g/mol. The zero-order valence-corrected chi connectivity index (χ0v) is 34.5. The first-order valence-corrected chi connectivity index (χ1v) is 22.1. The minimum Gasteiger partial charge on any atom is -0.457 e. The highest BCUT2D eigenvalue weighted by Gasteiger charge is 2.44. The number of aliphatic hydroxyl groups is 4. The molecule has 6 atom stereocenters. The van der Waals surface area contributed by atoms with Gasteiger partial charge >= 0.3 is 5.97 Å². The second-order valence-electron chi connectivity index (χ2n) is 15.1. The van der Waals surface area contributed by atoms with Crippen molar-refractivity contribution >= 4 is 5.97 Å². The van der Waals surface area contributed by atoms with Crippen molar-refractivity contribution in [1.82, 2.24) is 0 Å². The highest BCUT2D eigenvalue weighted by atomic mass is 16.7. The fourth-order valence-electron chi connectivity index (χ4n) is 6.52. The molecule has 6 unspecified atom stereocenters. The average molecular weight is 767 g/mol. The molecule has 0 radical (unpaired) electrons. The van der Waals surface area contributed by atoms with Crippen molar-refractivity contribution in [2.45, 2.75) is 218 Å². The summed E-state index contributed by atoms with van der Waals surface area (Å²) in [7, 11) is 0. The maximum Gasteiger partial charge on any atom is 0.306 e. The van der Waals surface area contributed by atoms with E-state index in [1.54, 1.807) is 0 Å².